The molecule has 4 nitrogen and oxygen atoms in total. The second-order valence-electron chi connectivity index (χ2n) is 2.85. The molecule has 68 valence electrons. The van der Waals surface area contributed by atoms with Gasteiger partial charge < -0.3 is 15.1 Å². The van der Waals surface area contributed by atoms with Crippen molar-refractivity contribution in [2.24, 2.45) is 0 Å². The highest BCUT2D eigenvalue weighted by Crippen LogP contribution is 2.18. The lowest BCUT2D eigenvalue weighted by molar-refractivity contribution is -0.143. The molecule has 0 radical (unpaired) electrons. The summed E-state index contributed by atoms with van der Waals surface area (Å²) >= 11 is 4.86. The first kappa shape index (κ1) is 9.41. The molecule has 0 spiro atoms. The Kier molecular flexibility index (Phi) is 2.64. The fourth-order valence-electron chi connectivity index (χ4n) is 1.43. The van der Waals surface area contributed by atoms with Crippen LogP contribution in [0.5, 0.6) is 0 Å². The lowest BCUT2D eigenvalue weighted by Gasteiger charge is -2.22. The fourth-order valence-corrected chi connectivity index (χ4v) is 1.63. The van der Waals surface area contributed by atoms with Crippen LogP contribution < -0.4 is 0 Å². The van der Waals surface area contributed by atoms with Gasteiger partial charge in [-0.2, -0.15) is 0 Å². The highest BCUT2D eigenvalue weighted by molar-refractivity contribution is 7.80. The van der Waals surface area contributed by atoms with Crippen LogP contribution in [-0.2, 0) is 4.79 Å². The van der Waals surface area contributed by atoms with Gasteiger partial charge in [-0.15, -0.1) is 0 Å². The van der Waals surface area contributed by atoms with Gasteiger partial charge in [-0.3, -0.25) is 0 Å². The minimum atomic E-state index is -1.01. The largest absolute Gasteiger partial charge is 0.480 e. The van der Waals surface area contributed by atoms with Crippen LogP contribution in [-0.4, -0.2) is 44.8 Å². The van der Waals surface area contributed by atoms with Gasteiger partial charge in [-0.1, -0.05) is 12.2 Å². The molecule has 0 aromatic heterocycles. The first-order valence-corrected chi connectivity index (χ1v) is 4.13. The molecule has 0 amide bonds. The number of nitrogens with zero attached hydrogens (tertiary/aromatic N) is 1. The minimum Gasteiger partial charge on any atom is -0.480 e. The maximum absolute atomic E-state index is 10.7. The first-order chi connectivity index (χ1) is 5.54. The number of thiocarbonyl (C=S) groups is 1. The van der Waals surface area contributed by atoms with Crippen molar-refractivity contribution in [1.82, 2.24) is 4.90 Å². The fraction of sp³-hybridized carbons (Fsp3) is 0.714. The zero-order valence-electron chi connectivity index (χ0n) is 6.73. The predicted octanol–water partition coefficient (Wildman–Crippen LogP) is -0.146. The number of hydrogen-bond acceptors (Lipinski definition) is 3. The Morgan fingerprint density at radius 2 is 2.25 bits per heavy atom. The number of aliphatic hydroxyl groups is 1. The molecule has 1 fully saturated rings. The van der Waals surface area contributed by atoms with Gasteiger partial charge in [0.15, 0.2) is 6.04 Å². The van der Waals surface area contributed by atoms with Gasteiger partial charge in [0.05, 0.1) is 11.1 Å². The van der Waals surface area contributed by atoms with Crippen molar-refractivity contribution in [3.63, 3.8) is 0 Å². The van der Waals surface area contributed by atoms with E-state index in [1.807, 2.05) is 0 Å². The van der Waals surface area contributed by atoms with Crippen molar-refractivity contribution >= 4 is 23.2 Å². The van der Waals surface area contributed by atoms with Crippen LogP contribution in [0, 0.1) is 0 Å². The molecule has 12 heavy (non-hydrogen) atoms. The van der Waals surface area contributed by atoms with E-state index in [4.69, 9.17) is 17.3 Å². The molecule has 0 aromatic rings. The summed E-state index contributed by atoms with van der Waals surface area (Å²) in [7, 11) is 0. The van der Waals surface area contributed by atoms with E-state index in [1.54, 1.807) is 11.8 Å². The molecule has 1 heterocycles. The van der Waals surface area contributed by atoms with Crippen LogP contribution in [0.25, 0.3) is 0 Å². The van der Waals surface area contributed by atoms with Crippen LogP contribution in [0.1, 0.15) is 13.3 Å². The number of rotatable bonds is 1. The molecule has 1 rings (SSSR count). The van der Waals surface area contributed by atoms with E-state index in [-0.39, 0.29) is 0 Å². The highest BCUT2D eigenvalue weighted by Gasteiger charge is 2.38. The second-order valence-corrected chi connectivity index (χ2v) is 3.44. The van der Waals surface area contributed by atoms with Crippen molar-refractivity contribution in [1.29, 1.82) is 0 Å². The summed E-state index contributed by atoms with van der Waals surface area (Å²) in [5.41, 5.74) is 0. The summed E-state index contributed by atoms with van der Waals surface area (Å²) in [5.74, 6) is -1.01. The normalized spacial score (nSPS) is 29.0. The highest BCUT2D eigenvalue weighted by atomic mass is 32.1. The molecule has 1 aliphatic heterocycles. The standard InChI is InChI=1S/C7H11NO3S/c1-4(12)8-3-2-5(9)6(8)7(10)11/h5-6,9H,2-3H2,1H3,(H,10,11)/t5-,6+/m1/s1. The zero-order chi connectivity index (χ0) is 9.30. The van der Waals surface area contributed by atoms with Crippen LogP contribution in [0.3, 0.4) is 0 Å². The van der Waals surface area contributed by atoms with E-state index < -0.39 is 18.1 Å². The SMILES string of the molecule is CC(=S)N1CC[C@@H](O)[C@H]1C(=O)O. The van der Waals surface area contributed by atoms with Gasteiger partial charge in [-0.05, 0) is 13.3 Å². The third-order valence-corrected chi connectivity index (χ3v) is 2.26. The average molecular weight is 189 g/mol. The number of likely N-dealkylation sites (tertiary alicyclic amines) is 1. The summed E-state index contributed by atoms with van der Waals surface area (Å²) in [6.45, 7) is 2.21. The molecular formula is C7H11NO3S. The van der Waals surface area contributed by atoms with E-state index >= 15 is 0 Å². The molecular weight excluding hydrogens is 178 g/mol. The maximum atomic E-state index is 10.7. The average Bonchev–Trinajstić information content (AvgIpc) is 2.30. The number of carboxylic acid groups (broad SMARTS) is 1. The van der Waals surface area contributed by atoms with E-state index in [0.717, 1.165) is 0 Å². The predicted molar refractivity (Wildman–Crippen MR) is 47.0 cm³/mol. The molecule has 0 unspecified atom stereocenters. The van der Waals surface area contributed by atoms with E-state index in [1.165, 1.54) is 0 Å². The van der Waals surface area contributed by atoms with Crippen molar-refractivity contribution in [3.8, 4) is 0 Å². The smallest absolute Gasteiger partial charge is 0.329 e. The van der Waals surface area contributed by atoms with Crippen LogP contribution in [0.2, 0.25) is 0 Å². The number of carboxylic acids is 1. The molecule has 2 N–H and O–H groups in total. The van der Waals surface area contributed by atoms with E-state index in [2.05, 4.69) is 0 Å². The van der Waals surface area contributed by atoms with Crippen molar-refractivity contribution in [2.75, 3.05) is 6.54 Å². The van der Waals surface area contributed by atoms with Crippen LogP contribution in [0.4, 0.5) is 0 Å². The molecule has 0 aliphatic carbocycles. The lowest BCUT2D eigenvalue weighted by atomic mass is 10.2. The summed E-state index contributed by atoms with van der Waals surface area (Å²) < 4.78 is 0. The zero-order valence-corrected chi connectivity index (χ0v) is 7.54. The number of aliphatic hydroxyl groups excluding tert-OH is 1. The summed E-state index contributed by atoms with van der Waals surface area (Å²) in [6.07, 6.45) is -0.314. The lowest BCUT2D eigenvalue weighted by Crippen LogP contribution is -2.43. The third kappa shape index (κ3) is 1.56. The van der Waals surface area contributed by atoms with Gasteiger partial charge in [-0.25, -0.2) is 4.79 Å². The van der Waals surface area contributed by atoms with Crippen molar-refractivity contribution in [2.45, 2.75) is 25.5 Å². The molecule has 0 aromatic carbocycles. The quantitative estimate of drug-likeness (QED) is 0.562. The Morgan fingerprint density at radius 3 is 2.58 bits per heavy atom. The van der Waals surface area contributed by atoms with Gasteiger partial charge in [0, 0.05) is 6.54 Å². The number of aliphatic carboxylic acids is 1. The minimum absolute atomic E-state index is 0.477. The Hall–Kier alpha value is -0.680. The van der Waals surface area contributed by atoms with E-state index in [0.29, 0.717) is 18.0 Å². The molecule has 1 saturated heterocycles. The molecule has 0 saturated carbocycles. The monoisotopic (exact) mass is 189 g/mol. The summed E-state index contributed by atoms with van der Waals surface area (Å²) in [6, 6.07) is -0.845. The maximum Gasteiger partial charge on any atom is 0.329 e. The van der Waals surface area contributed by atoms with Gasteiger partial charge >= 0.3 is 5.97 Å². The first-order valence-electron chi connectivity index (χ1n) is 3.72. The van der Waals surface area contributed by atoms with Gasteiger partial charge in [0.1, 0.15) is 0 Å². The second kappa shape index (κ2) is 3.37. The molecule has 2 atom stereocenters. The number of carbonyl (C=O) groups is 1. The van der Waals surface area contributed by atoms with Gasteiger partial charge in [0.25, 0.3) is 0 Å². The topological polar surface area (TPSA) is 60.8 Å². The van der Waals surface area contributed by atoms with Crippen molar-refractivity contribution in [3.05, 3.63) is 0 Å². The Balaban J connectivity index is 2.77. The molecule has 0 bridgehead atoms. The number of hydrogen-bond donors (Lipinski definition) is 2. The van der Waals surface area contributed by atoms with Crippen molar-refractivity contribution < 1.29 is 15.0 Å². The molecule has 5 heteroatoms. The Bertz CT molecular complexity index is 219. The van der Waals surface area contributed by atoms with E-state index in [9.17, 15) is 9.90 Å². The van der Waals surface area contributed by atoms with Crippen LogP contribution in [0.15, 0.2) is 0 Å². The van der Waals surface area contributed by atoms with Gasteiger partial charge in [0.2, 0.25) is 0 Å². The third-order valence-electron chi connectivity index (χ3n) is 2.02. The molecule has 1 aliphatic rings. The van der Waals surface area contributed by atoms with Crippen LogP contribution >= 0.6 is 12.2 Å². The summed E-state index contributed by atoms with van der Waals surface area (Å²) in [5, 5.41) is 18.0. The Morgan fingerprint density at radius 1 is 1.67 bits per heavy atom. The summed E-state index contributed by atoms with van der Waals surface area (Å²) in [4.78, 5) is 12.7. The Labute approximate surface area is 75.8 Å².